The maximum atomic E-state index is 5.69. The summed E-state index contributed by atoms with van der Waals surface area (Å²) in [5.74, 6) is 0. The minimum Gasteiger partial charge on any atom is -0.233 e. The van der Waals surface area contributed by atoms with Crippen LogP contribution in [0.1, 0.15) is 54.0 Å². The summed E-state index contributed by atoms with van der Waals surface area (Å²) in [4.78, 5) is 21.9. The summed E-state index contributed by atoms with van der Waals surface area (Å²) in [5.41, 5.74) is -0.560. The van der Waals surface area contributed by atoms with E-state index in [9.17, 15) is 0 Å². The Hall–Kier alpha value is -0.940. The highest BCUT2D eigenvalue weighted by Crippen LogP contribution is 2.28. The average molecular weight is 296 g/mol. The van der Waals surface area contributed by atoms with E-state index in [4.69, 9.17) is 19.6 Å². The third-order valence-electron chi connectivity index (χ3n) is 2.50. The van der Waals surface area contributed by atoms with E-state index in [2.05, 4.69) is 0 Å². The van der Waals surface area contributed by atoms with Gasteiger partial charge in [0, 0.05) is 0 Å². The predicted molar refractivity (Wildman–Crippen MR) is 82.5 cm³/mol. The van der Waals surface area contributed by atoms with E-state index in [1.165, 1.54) is 0 Å². The van der Waals surface area contributed by atoms with Gasteiger partial charge in [-0.25, -0.2) is 19.6 Å². The summed E-state index contributed by atoms with van der Waals surface area (Å²) < 4.78 is 0. The molecular weight excluding hydrogens is 268 g/mol. The van der Waals surface area contributed by atoms with Crippen LogP contribution >= 0.6 is 0 Å². The second kappa shape index (κ2) is 6.88. The van der Waals surface area contributed by atoms with E-state index in [0.29, 0.717) is 0 Å². The number of hydrogen-bond donors (Lipinski definition) is 0. The number of hydrogen-bond acceptors (Lipinski definition) is 4. The molecule has 0 N–H and O–H groups in total. The smallest absolute Gasteiger partial charge is 0.152 e. The van der Waals surface area contributed by atoms with Crippen molar-refractivity contribution in [2.45, 2.75) is 65.3 Å². The van der Waals surface area contributed by atoms with E-state index in [0.717, 1.165) is 5.56 Å². The highest BCUT2D eigenvalue weighted by Gasteiger charge is 2.33. The first-order valence-electron chi connectivity index (χ1n) is 7.25. The Labute approximate surface area is 128 Å². The van der Waals surface area contributed by atoms with Crippen LogP contribution in [-0.2, 0) is 25.2 Å². The first kappa shape index (κ1) is 18.1. The lowest BCUT2D eigenvalue weighted by molar-refractivity contribution is -0.439. The van der Waals surface area contributed by atoms with Gasteiger partial charge in [-0.2, -0.15) is 0 Å². The van der Waals surface area contributed by atoms with Crippen molar-refractivity contribution in [3.63, 3.8) is 0 Å². The van der Waals surface area contributed by atoms with Gasteiger partial charge in [0.25, 0.3) is 0 Å². The zero-order valence-electron chi connectivity index (χ0n) is 14.2. The maximum absolute atomic E-state index is 5.69. The van der Waals surface area contributed by atoms with Gasteiger partial charge in [-0.1, -0.05) is 30.3 Å². The topological polar surface area (TPSA) is 36.9 Å². The Morgan fingerprint density at radius 3 is 1.71 bits per heavy atom. The molecule has 4 heteroatoms. The maximum Gasteiger partial charge on any atom is 0.152 e. The monoisotopic (exact) mass is 296 g/mol. The van der Waals surface area contributed by atoms with E-state index < -0.39 is 11.2 Å². The molecular formula is C17H28O4. The molecule has 4 nitrogen and oxygen atoms in total. The predicted octanol–water partition coefficient (Wildman–Crippen LogP) is 4.40. The summed E-state index contributed by atoms with van der Waals surface area (Å²) >= 11 is 0. The molecule has 0 heterocycles. The minimum absolute atomic E-state index is 0.227. The molecule has 0 radical (unpaired) electrons. The normalized spacial score (nSPS) is 15.8. The summed E-state index contributed by atoms with van der Waals surface area (Å²) in [6.07, 6.45) is 0. The Balaban J connectivity index is 2.79. The summed E-state index contributed by atoms with van der Waals surface area (Å²) in [5, 5.41) is 0. The van der Waals surface area contributed by atoms with Crippen LogP contribution in [0, 0.1) is 0 Å². The summed E-state index contributed by atoms with van der Waals surface area (Å²) in [7, 11) is 0. The van der Waals surface area contributed by atoms with Crippen LogP contribution in [0.4, 0.5) is 0 Å². The molecule has 0 amide bonds. The van der Waals surface area contributed by atoms with Gasteiger partial charge in [0.15, 0.2) is 5.60 Å². The third kappa shape index (κ3) is 7.05. The van der Waals surface area contributed by atoms with Gasteiger partial charge in [0.05, 0.1) is 11.2 Å². The van der Waals surface area contributed by atoms with E-state index in [1.54, 1.807) is 0 Å². The van der Waals surface area contributed by atoms with E-state index in [1.807, 2.05) is 78.8 Å². The van der Waals surface area contributed by atoms with Crippen LogP contribution in [0.15, 0.2) is 30.3 Å². The lowest BCUT2D eigenvalue weighted by Crippen LogP contribution is -2.36. The van der Waals surface area contributed by atoms with Crippen molar-refractivity contribution < 1.29 is 19.6 Å². The molecule has 1 unspecified atom stereocenters. The Morgan fingerprint density at radius 1 is 0.714 bits per heavy atom. The van der Waals surface area contributed by atoms with Crippen molar-refractivity contribution in [2.24, 2.45) is 0 Å². The fourth-order valence-electron chi connectivity index (χ4n) is 1.48. The second-order valence-electron chi connectivity index (χ2n) is 7.33. The van der Waals surface area contributed by atoms with Crippen molar-refractivity contribution >= 4 is 0 Å². The SMILES string of the molecule is CC(C)(C)OOCC(C)(OOC(C)(C)C)c1ccccc1. The van der Waals surface area contributed by atoms with Gasteiger partial charge in [-0.15, -0.1) is 0 Å². The van der Waals surface area contributed by atoms with Gasteiger partial charge in [0.2, 0.25) is 0 Å². The molecule has 0 fully saturated rings. The molecule has 1 aromatic rings. The molecule has 0 aliphatic heterocycles. The van der Waals surface area contributed by atoms with Crippen LogP contribution in [-0.4, -0.2) is 17.8 Å². The average Bonchev–Trinajstić information content (AvgIpc) is 2.35. The summed E-state index contributed by atoms with van der Waals surface area (Å²) in [6, 6.07) is 9.83. The zero-order valence-corrected chi connectivity index (χ0v) is 14.2. The standard InChI is InChI=1S/C17H28O4/c1-15(2,3)19-18-13-17(7,21-20-16(4,5)6)14-11-9-8-10-12-14/h8-12H,13H2,1-7H3. The molecule has 1 atom stereocenters. The number of benzene rings is 1. The van der Waals surface area contributed by atoms with Crippen LogP contribution < -0.4 is 0 Å². The molecule has 120 valence electrons. The fraction of sp³-hybridized carbons (Fsp3) is 0.647. The Bertz CT molecular complexity index is 417. The van der Waals surface area contributed by atoms with E-state index >= 15 is 0 Å². The van der Waals surface area contributed by atoms with Gasteiger partial charge in [-0.3, -0.25) is 0 Å². The fourth-order valence-corrected chi connectivity index (χ4v) is 1.48. The van der Waals surface area contributed by atoms with Crippen molar-refractivity contribution in [1.29, 1.82) is 0 Å². The summed E-state index contributed by atoms with van der Waals surface area (Å²) in [6.45, 7) is 13.7. The first-order valence-corrected chi connectivity index (χ1v) is 7.25. The molecule has 0 saturated carbocycles. The molecule has 0 spiro atoms. The molecule has 21 heavy (non-hydrogen) atoms. The minimum atomic E-state index is -0.750. The van der Waals surface area contributed by atoms with Crippen molar-refractivity contribution in [3.05, 3.63) is 35.9 Å². The highest BCUT2D eigenvalue weighted by atomic mass is 17.2. The molecule has 0 bridgehead atoms. The highest BCUT2D eigenvalue weighted by molar-refractivity contribution is 5.21. The lowest BCUT2D eigenvalue weighted by Gasteiger charge is -2.32. The van der Waals surface area contributed by atoms with Crippen LogP contribution in [0.5, 0.6) is 0 Å². The third-order valence-corrected chi connectivity index (χ3v) is 2.50. The van der Waals surface area contributed by atoms with Gasteiger partial charge in [-0.05, 0) is 54.0 Å². The number of rotatable bonds is 6. The second-order valence-corrected chi connectivity index (χ2v) is 7.33. The van der Waals surface area contributed by atoms with Crippen molar-refractivity contribution in [3.8, 4) is 0 Å². The van der Waals surface area contributed by atoms with Gasteiger partial charge < -0.3 is 0 Å². The zero-order chi connectivity index (χ0) is 16.1. The molecule has 0 saturated heterocycles. The van der Waals surface area contributed by atoms with Crippen molar-refractivity contribution in [2.75, 3.05) is 6.61 Å². The van der Waals surface area contributed by atoms with E-state index in [-0.39, 0.29) is 12.2 Å². The Kier molecular flexibility index (Phi) is 5.93. The molecule has 1 rings (SSSR count). The first-order chi connectivity index (χ1) is 9.52. The van der Waals surface area contributed by atoms with Crippen LogP contribution in [0.3, 0.4) is 0 Å². The molecule has 1 aromatic carbocycles. The molecule has 0 aromatic heterocycles. The Morgan fingerprint density at radius 2 is 1.24 bits per heavy atom. The van der Waals surface area contributed by atoms with Crippen LogP contribution in [0.25, 0.3) is 0 Å². The molecule has 0 aliphatic carbocycles. The quantitative estimate of drug-likeness (QED) is 0.576. The van der Waals surface area contributed by atoms with Crippen molar-refractivity contribution in [1.82, 2.24) is 0 Å². The van der Waals surface area contributed by atoms with Gasteiger partial charge >= 0.3 is 0 Å². The van der Waals surface area contributed by atoms with Crippen LogP contribution in [0.2, 0.25) is 0 Å². The largest absolute Gasteiger partial charge is 0.233 e. The molecule has 0 aliphatic rings. The van der Waals surface area contributed by atoms with Gasteiger partial charge in [0.1, 0.15) is 6.61 Å². The lowest BCUT2D eigenvalue weighted by atomic mass is 9.97.